The number of thiazole rings is 1. The molecule has 1 N–H and O–H groups in total. The van der Waals surface area contributed by atoms with Gasteiger partial charge in [0.25, 0.3) is 0 Å². The van der Waals surface area contributed by atoms with Gasteiger partial charge in [-0.2, -0.15) is 0 Å². The fourth-order valence-corrected chi connectivity index (χ4v) is 3.59. The molecule has 2 aromatic carbocycles. The minimum absolute atomic E-state index is 0.149. The average molecular weight is 461 g/mol. The smallest absolute Gasteiger partial charge is 0.405 e. The van der Waals surface area contributed by atoms with Crippen LogP contribution >= 0.6 is 11.3 Å². The second kappa shape index (κ2) is 10.1. The summed E-state index contributed by atoms with van der Waals surface area (Å²) in [6.07, 6.45) is -2.15. The third kappa shape index (κ3) is 6.42. The van der Waals surface area contributed by atoms with Crippen LogP contribution in [-0.4, -0.2) is 23.2 Å². The molecule has 0 spiro atoms. The lowest BCUT2D eigenvalue weighted by Crippen LogP contribution is -2.23. The van der Waals surface area contributed by atoms with Crippen molar-refractivity contribution in [2.75, 3.05) is 4.90 Å². The lowest BCUT2D eigenvalue weighted by molar-refractivity contribution is -0.274. The fraction of sp³-hybridized carbons (Fsp3) is 0.136. The molecule has 0 aliphatic rings. The molecule has 3 rings (SSSR count). The number of nitrogens with zero attached hydrogens (tertiary/aromatic N) is 2. The van der Waals surface area contributed by atoms with E-state index in [0.717, 1.165) is 0 Å². The van der Waals surface area contributed by atoms with E-state index < -0.39 is 12.3 Å². The zero-order valence-corrected chi connectivity index (χ0v) is 17.6. The van der Waals surface area contributed by atoms with Crippen molar-refractivity contribution in [3.63, 3.8) is 0 Å². The molecule has 32 heavy (non-hydrogen) atoms. The second-order valence-corrected chi connectivity index (χ2v) is 7.29. The Morgan fingerprint density at radius 3 is 2.50 bits per heavy atom. The van der Waals surface area contributed by atoms with Crippen LogP contribution in [0.4, 0.5) is 24.0 Å². The lowest BCUT2D eigenvalue weighted by Gasteiger charge is -2.17. The number of ether oxygens (including phenoxy) is 1. The SMILES string of the molecule is CC(=O)N(c1ccccc1)c1nc(/C=C/C(=O)NCc2ccccc2OC(F)(F)F)cs1. The van der Waals surface area contributed by atoms with E-state index in [1.54, 1.807) is 23.6 Å². The molecule has 3 aromatic rings. The highest BCUT2D eigenvalue weighted by Crippen LogP contribution is 2.29. The monoisotopic (exact) mass is 461 g/mol. The normalized spacial score (nSPS) is 11.4. The highest BCUT2D eigenvalue weighted by Gasteiger charge is 2.31. The zero-order chi connectivity index (χ0) is 23.1. The predicted molar refractivity (Wildman–Crippen MR) is 115 cm³/mol. The maximum absolute atomic E-state index is 12.5. The van der Waals surface area contributed by atoms with Crippen LogP contribution in [-0.2, 0) is 16.1 Å². The van der Waals surface area contributed by atoms with Crippen LogP contribution in [0.3, 0.4) is 0 Å². The molecule has 0 bridgehead atoms. The van der Waals surface area contributed by atoms with Crippen LogP contribution in [0.25, 0.3) is 6.08 Å². The minimum Gasteiger partial charge on any atom is -0.405 e. The van der Waals surface area contributed by atoms with Crippen molar-refractivity contribution in [3.8, 4) is 5.75 Å². The number of hydrogen-bond acceptors (Lipinski definition) is 5. The van der Waals surface area contributed by atoms with E-state index in [1.807, 2.05) is 18.2 Å². The van der Waals surface area contributed by atoms with Crippen LogP contribution in [0.1, 0.15) is 18.2 Å². The van der Waals surface area contributed by atoms with E-state index in [1.165, 1.54) is 53.5 Å². The van der Waals surface area contributed by atoms with Crippen molar-refractivity contribution in [1.82, 2.24) is 10.3 Å². The molecule has 1 heterocycles. The van der Waals surface area contributed by atoms with Gasteiger partial charge in [-0.05, 0) is 24.3 Å². The highest BCUT2D eigenvalue weighted by molar-refractivity contribution is 7.14. The number of carbonyl (C=O) groups is 2. The number of benzene rings is 2. The van der Waals surface area contributed by atoms with Crippen molar-refractivity contribution in [3.05, 3.63) is 77.3 Å². The fourth-order valence-electron chi connectivity index (χ4n) is 2.74. The van der Waals surface area contributed by atoms with Crippen LogP contribution in [0.15, 0.2) is 66.1 Å². The van der Waals surface area contributed by atoms with E-state index in [9.17, 15) is 22.8 Å². The van der Waals surface area contributed by atoms with Gasteiger partial charge in [0.2, 0.25) is 11.8 Å². The van der Waals surface area contributed by atoms with Gasteiger partial charge in [-0.15, -0.1) is 24.5 Å². The van der Waals surface area contributed by atoms with Crippen LogP contribution in [0.5, 0.6) is 5.75 Å². The molecule has 0 saturated carbocycles. The number of nitrogens with one attached hydrogen (secondary N) is 1. The summed E-state index contributed by atoms with van der Waals surface area (Å²) in [6.45, 7) is 1.28. The number of halogens is 3. The number of hydrogen-bond donors (Lipinski definition) is 1. The number of amides is 2. The molecule has 0 atom stereocenters. The maximum atomic E-state index is 12.5. The van der Waals surface area contributed by atoms with Gasteiger partial charge in [-0.25, -0.2) is 4.98 Å². The Morgan fingerprint density at radius 2 is 1.81 bits per heavy atom. The molecule has 0 unspecified atom stereocenters. The van der Waals surface area contributed by atoms with Gasteiger partial charge < -0.3 is 10.1 Å². The summed E-state index contributed by atoms with van der Waals surface area (Å²) in [6, 6.07) is 14.6. The Labute approximate surface area is 186 Å². The topological polar surface area (TPSA) is 71.5 Å². The number of carbonyl (C=O) groups excluding carboxylic acids is 2. The van der Waals surface area contributed by atoms with Gasteiger partial charge >= 0.3 is 6.36 Å². The molecule has 0 radical (unpaired) electrons. The molecule has 166 valence electrons. The quantitative estimate of drug-likeness (QED) is 0.500. The Morgan fingerprint density at radius 1 is 1.12 bits per heavy atom. The van der Waals surface area contributed by atoms with Crippen LogP contribution in [0, 0.1) is 0 Å². The molecule has 0 fully saturated rings. The summed E-state index contributed by atoms with van der Waals surface area (Å²) in [4.78, 5) is 30.0. The van der Waals surface area contributed by atoms with Gasteiger partial charge in [-0.3, -0.25) is 14.5 Å². The first-order chi connectivity index (χ1) is 15.2. The lowest BCUT2D eigenvalue weighted by atomic mass is 10.2. The first-order valence-electron chi connectivity index (χ1n) is 9.34. The Balaban J connectivity index is 1.64. The van der Waals surface area contributed by atoms with Crippen LogP contribution in [0.2, 0.25) is 0 Å². The Hall–Kier alpha value is -3.66. The van der Waals surface area contributed by atoms with E-state index in [-0.39, 0.29) is 23.8 Å². The van der Waals surface area contributed by atoms with Gasteiger partial charge in [0, 0.05) is 30.5 Å². The number of alkyl halides is 3. The Bertz CT molecular complexity index is 1110. The van der Waals surface area contributed by atoms with Crippen LogP contribution < -0.4 is 15.0 Å². The molecular formula is C22H18F3N3O3S. The number of rotatable bonds is 7. The molecule has 0 aliphatic carbocycles. The summed E-state index contributed by atoms with van der Waals surface area (Å²) in [5, 5.41) is 4.64. The third-order valence-corrected chi connectivity index (χ3v) is 4.93. The molecule has 0 aliphatic heterocycles. The van der Waals surface area contributed by atoms with Crippen molar-refractivity contribution < 1.29 is 27.5 Å². The summed E-state index contributed by atoms with van der Waals surface area (Å²) < 4.78 is 41.4. The molecule has 10 heteroatoms. The summed E-state index contributed by atoms with van der Waals surface area (Å²) in [5.74, 6) is -1.11. The maximum Gasteiger partial charge on any atom is 0.573 e. The van der Waals surface area contributed by atoms with E-state index in [0.29, 0.717) is 16.5 Å². The standard InChI is InChI=1S/C22H18F3N3O3S/c1-15(29)28(18-8-3-2-4-9-18)21-27-17(14-32-21)11-12-20(30)26-13-16-7-5-6-10-19(16)31-22(23,24)25/h2-12,14H,13H2,1H3,(H,26,30)/b12-11+. The highest BCUT2D eigenvalue weighted by atomic mass is 32.1. The van der Waals surface area contributed by atoms with Crippen molar-refractivity contribution in [1.29, 1.82) is 0 Å². The molecule has 2 amide bonds. The number of anilines is 2. The zero-order valence-electron chi connectivity index (χ0n) is 16.8. The van der Waals surface area contributed by atoms with E-state index >= 15 is 0 Å². The largest absolute Gasteiger partial charge is 0.573 e. The number of aromatic nitrogens is 1. The third-order valence-electron chi connectivity index (χ3n) is 4.09. The molecular weight excluding hydrogens is 443 g/mol. The van der Waals surface area contributed by atoms with Crippen molar-refractivity contribution >= 4 is 40.0 Å². The summed E-state index contributed by atoms with van der Waals surface area (Å²) in [7, 11) is 0. The van der Waals surface area contributed by atoms with Crippen molar-refractivity contribution in [2.24, 2.45) is 0 Å². The van der Waals surface area contributed by atoms with Gasteiger partial charge in [0.05, 0.1) is 11.4 Å². The summed E-state index contributed by atoms with van der Waals surface area (Å²) in [5.41, 5.74) is 1.31. The van der Waals surface area contributed by atoms with Gasteiger partial charge in [-0.1, -0.05) is 36.4 Å². The second-order valence-electron chi connectivity index (χ2n) is 6.45. The summed E-state index contributed by atoms with van der Waals surface area (Å²) >= 11 is 1.24. The Kier molecular flexibility index (Phi) is 7.26. The first kappa shape index (κ1) is 23.0. The van der Waals surface area contributed by atoms with E-state index in [4.69, 9.17) is 0 Å². The van der Waals surface area contributed by atoms with Gasteiger partial charge in [0.1, 0.15) is 5.75 Å². The average Bonchev–Trinajstić information content (AvgIpc) is 3.19. The van der Waals surface area contributed by atoms with E-state index in [2.05, 4.69) is 15.0 Å². The molecule has 6 nitrogen and oxygen atoms in total. The number of para-hydroxylation sites is 2. The first-order valence-corrected chi connectivity index (χ1v) is 10.2. The predicted octanol–water partition coefficient (Wildman–Crippen LogP) is 5.06. The molecule has 0 saturated heterocycles. The van der Waals surface area contributed by atoms with Gasteiger partial charge in [0.15, 0.2) is 5.13 Å². The van der Waals surface area contributed by atoms with Crippen molar-refractivity contribution in [2.45, 2.75) is 19.8 Å². The molecule has 1 aromatic heterocycles. The minimum atomic E-state index is -4.82.